The molecule has 3 aliphatic carbocycles. The van der Waals surface area contributed by atoms with Gasteiger partial charge in [0, 0.05) is 98.5 Å². The fraction of sp³-hybridized carbons (Fsp3) is 0.432. The number of carboxylic acids is 2. The van der Waals surface area contributed by atoms with E-state index in [1.54, 1.807) is 64.3 Å². The second-order valence-electron chi connectivity index (χ2n) is 34.4. The number of methoxy groups -OCH3 is 2. The van der Waals surface area contributed by atoms with Crippen LogP contribution in [0.4, 0.5) is 15.4 Å². The molecular weight excluding hydrogens is 1660 g/mol. The van der Waals surface area contributed by atoms with Gasteiger partial charge in [0.05, 0.1) is 95.1 Å². The average molecular weight is 1760 g/mol. The lowest BCUT2D eigenvalue weighted by Gasteiger charge is -2.38. The Balaban J connectivity index is 0.000000124. The van der Waals surface area contributed by atoms with Gasteiger partial charge in [0.2, 0.25) is 0 Å². The van der Waals surface area contributed by atoms with Crippen LogP contribution in [0.1, 0.15) is 215 Å². The smallest absolute Gasteiger partial charge is 0.335 e. The van der Waals surface area contributed by atoms with Gasteiger partial charge in [0.25, 0.3) is 11.8 Å². The van der Waals surface area contributed by atoms with Gasteiger partial charge in [0.1, 0.15) is 47.5 Å². The molecule has 6 aromatic heterocycles. The van der Waals surface area contributed by atoms with Crippen LogP contribution in [0.3, 0.4) is 0 Å². The number of ether oxygens (including phenoxy) is 5. The van der Waals surface area contributed by atoms with Gasteiger partial charge in [-0.3, -0.25) is 24.0 Å². The van der Waals surface area contributed by atoms with Crippen LogP contribution >= 0.6 is 34.0 Å². The molecule has 6 saturated heterocycles. The molecule has 2 amide bonds. The SMILES string of the molecule is COC(=O)CN.COC(=O)CNC(=O)c1ccc2nc(N3C4CC[C@H]3CC(OCc3c(-c5ccccc5C)noc3C3CC3)C4)sc2c1.Cc1ccccc1-c1noc(C2CC2)c1COC1CC2CC[C@@H](C1)N2c1nc2ccc(C(=O)NCC(=O)O)cc2s1.Cc1ccccc1-c1noc(C2CC2)c1COC1CC2CC[C@@H](C1)N2c1nc2ccc(C(=O)O)cc2s1. The number of aromatic nitrogens is 6. The van der Waals surface area contributed by atoms with Crippen molar-refractivity contribution in [2.24, 2.45) is 5.73 Å². The molecule has 28 nitrogen and oxygen atoms in total. The normalized spacial score (nSPS) is 21.5. The molecule has 3 saturated carbocycles. The predicted molar refractivity (Wildman–Crippen MR) is 478 cm³/mol. The molecule has 0 radical (unpaired) electrons. The zero-order chi connectivity index (χ0) is 87.0. The fourth-order valence-corrected chi connectivity index (χ4v) is 22.5. The van der Waals surface area contributed by atoms with E-state index in [4.69, 9.17) is 53.6 Å². The maximum Gasteiger partial charge on any atom is 0.335 e. The number of carboxylic acid groups (broad SMARTS) is 2. The van der Waals surface area contributed by atoms with Crippen molar-refractivity contribution in [3.8, 4) is 33.8 Å². The summed E-state index contributed by atoms with van der Waals surface area (Å²) < 4.78 is 49.1. The molecule has 9 aliphatic rings. The van der Waals surface area contributed by atoms with Gasteiger partial charge < -0.3 is 78.5 Å². The van der Waals surface area contributed by atoms with Crippen molar-refractivity contribution in [2.45, 2.75) is 228 Å². The van der Waals surface area contributed by atoms with E-state index in [1.165, 1.54) is 30.9 Å². The number of hydrogen-bond donors (Lipinski definition) is 5. The van der Waals surface area contributed by atoms with Gasteiger partial charge >= 0.3 is 23.9 Å². The number of amides is 2. The first-order valence-corrected chi connectivity index (χ1v) is 46.1. The number of carbonyl (C=O) groups excluding carboxylic acids is 4. The maximum absolute atomic E-state index is 12.5. The number of anilines is 3. The number of aliphatic carboxylic acids is 1. The van der Waals surface area contributed by atoms with Crippen LogP contribution in [0.5, 0.6) is 0 Å². The van der Waals surface area contributed by atoms with Crippen LogP contribution in [0, 0.1) is 20.8 Å². The minimum atomic E-state index is -1.07. The zero-order valence-electron chi connectivity index (χ0n) is 71.0. The van der Waals surface area contributed by atoms with E-state index in [1.807, 2.05) is 36.4 Å². The summed E-state index contributed by atoms with van der Waals surface area (Å²) in [5.74, 6) is 0.858. The molecule has 0 spiro atoms. The third kappa shape index (κ3) is 18.6. The molecule has 9 fully saturated rings. The number of carbonyl (C=O) groups is 6. The number of benzene rings is 6. The molecule has 6 aliphatic heterocycles. The molecule has 6 aromatic carbocycles. The van der Waals surface area contributed by atoms with E-state index in [0.29, 0.717) is 90.5 Å². The number of piperidine rings is 3. The van der Waals surface area contributed by atoms with E-state index in [0.717, 1.165) is 229 Å². The lowest BCUT2D eigenvalue weighted by Crippen LogP contribution is -2.45. The summed E-state index contributed by atoms with van der Waals surface area (Å²) in [7, 11) is 2.60. The number of aromatic carboxylic acids is 1. The summed E-state index contributed by atoms with van der Waals surface area (Å²) >= 11 is 4.81. The van der Waals surface area contributed by atoms with Crippen LogP contribution in [-0.4, -0.2) is 165 Å². The number of thiazole rings is 3. The minimum Gasteiger partial charge on any atom is -0.480 e. The zero-order valence-corrected chi connectivity index (χ0v) is 73.4. The van der Waals surface area contributed by atoms with Crippen LogP contribution in [0.15, 0.2) is 141 Å². The Morgan fingerprint density at radius 2 is 0.730 bits per heavy atom. The number of nitrogens with zero attached hydrogens (tertiary/aromatic N) is 9. The number of aryl methyl sites for hydroxylation is 3. The Morgan fingerprint density at radius 1 is 0.421 bits per heavy atom. The number of rotatable bonds is 26. The van der Waals surface area contributed by atoms with E-state index < -0.39 is 30.4 Å². The molecular formula is C95H102N12O16S3. The standard InChI is InChI=1S/C32H34N4O5S.C31H32N4O5S.C29H29N3O4S.C3H7NO2/c1-18-5-3-4-6-24(18)29-25(30(41-35-29)19-7-8-19)17-40-23-14-21-10-11-22(15-23)36(21)32-34-26-12-9-20(13-27(26)42-32)31(38)33-16-28(37)39-2;1-17-4-2-3-5-23(17)28-24(29(40-34-28)18-6-7-18)16-39-22-13-20-9-10-21(14-22)35(20)31-33-25-11-8-19(12-26(25)41-31)30(38)32-15-27(36)37;1-16-4-2-3-5-22(16)26-23(27(36-31-26)17-6-7-17)15-35-21-13-19-9-10-20(14-21)32(19)29-30-24-11-8-18(28(33)34)12-25(24)37-29;1-6-3(5)2-4/h3-6,9,12-13,19,21-23H,7-8,10-11,14-17H2,1-2H3,(H,33,38);2-5,8,11-12,18,20-22H,6-7,9-10,13-16H2,1H3,(H,32,38)(H,36,37);2-5,8,11-12,17,19-21H,6-7,9-10,13-15H2,1H3,(H,33,34);2,4H2,1H3/t21-,22?,23?;20-,21?,22?;19-,20?,21?;/m000./s1. The molecule has 126 heavy (non-hydrogen) atoms. The van der Waals surface area contributed by atoms with Gasteiger partial charge in [-0.25, -0.2) is 19.7 Å². The molecule has 6 bridgehead atoms. The summed E-state index contributed by atoms with van der Waals surface area (Å²) in [5, 5.41) is 39.7. The first-order chi connectivity index (χ1) is 61.3. The molecule has 12 heterocycles. The van der Waals surface area contributed by atoms with Crippen LogP contribution in [0.2, 0.25) is 0 Å². The van der Waals surface area contributed by atoms with Gasteiger partial charge in [-0.2, -0.15) is 0 Å². The number of nitrogens with two attached hydrogens (primary N) is 1. The highest BCUT2D eigenvalue weighted by molar-refractivity contribution is 7.23. The third-order valence-electron chi connectivity index (χ3n) is 25.9. The highest BCUT2D eigenvalue weighted by Crippen LogP contribution is 2.52. The second kappa shape index (κ2) is 37.3. The summed E-state index contributed by atoms with van der Waals surface area (Å²) in [6, 6.07) is 43.2. The van der Waals surface area contributed by atoms with Crippen molar-refractivity contribution in [2.75, 3.05) is 48.6 Å². The molecule has 656 valence electrons. The topological polar surface area (TPSA) is 366 Å². The molecule has 21 rings (SSSR count). The number of hydrogen-bond acceptors (Lipinski definition) is 27. The van der Waals surface area contributed by atoms with Crippen molar-refractivity contribution in [3.63, 3.8) is 0 Å². The second-order valence-corrected chi connectivity index (χ2v) is 37.5. The van der Waals surface area contributed by atoms with E-state index in [9.17, 15) is 33.9 Å². The van der Waals surface area contributed by atoms with Gasteiger partial charge in [-0.15, -0.1) is 0 Å². The van der Waals surface area contributed by atoms with Crippen LogP contribution in [0.25, 0.3) is 64.4 Å². The Kier molecular flexibility index (Phi) is 25.3. The quantitative estimate of drug-likeness (QED) is 0.0314. The Bertz CT molecular complexity index is 5990. The van der Waals surface area contributed by atoms with Crippen LogP contribution in [-0.2, 0) is 57.9 Å². The highest BCUT2D eigenvalue weighted by Gasteiger charge is 2.47. The third-order valence-corrected chi connectivity index (χ3v) is 29.0. The molecule has 12 aromatic rings. The summed E-state index contributed by atoms with van der Waals surface area (Å²) in [5.41, 5.74) is 21.6. The number of esters is 2. The summed E-state index contributed by atoms with van der Waals surface area (Å²) in [4.78, 5) is 90.4. The fourth-order valence-electron chi connectivity index (χ4n) is 19.0. The molecule has 9 atom stereocenters. The van der Waals surface area contributed by atoms with Crippen molar-refractivity contribution < 1.29 is 76.2 Å². The first kappa shape index (κ1) is 85.5. The lowest BCUT2D eigenvalue weighted by atomic mass is 9.99. The van der Waals surface area contributed by atoms with Gasteiger partial charge in [-0.05, 0) is 208 Å². The van der Waals surface area contributed by atoms with E-state index in [2.05, 4.69) is 132 Å². The highest BCUT2D eigenvalue weighted by atomic mass is 32.1. The lowest BCUT2D eigenvalue weighted by molar-refractivity contribution is -0.140. The number of fused-ring (bicyclic) bond motifs is 9. The maximum atomic E-state index is 12.5. The average Bonchev–Trinajstić information content (AvgIpc) is 1.64. The Morgan fingerprint density at radius 3 is 1.02 bits per heavy atom. The first-order valence-electron chi connectivity index (χ1n) is 43.7. The molecule has 6 unspecified atom stereocenters. The predicted octanol–water partition coefficient (Wildman–Crippen LogP) is 17.1. The summed E-state index contributed by atoms with van der Waals surface area (Å²) in [6.45, 7) is 7.30. The van der Waals surface area contributed by atoms with Crippen molar-refractivity contribution >= 4 is 116 Å². The van der Waals surface area contributed by atoms with E-state index >= 15 is 0 Å². The monoisotopic (exact) mass is 1760 g/mol. The minimum absolute atomic E-state index is 0.0312. The molecule has 31 heteroatoms. The van der Waals surface area contributed by atoms with Crippen molar-refractivity contribution in [3.05, 3.63) is 195 Å². The Hall–Kier alpha value is -11.3. The van der Waals surface area contributed by atoms with Crippen molar-refractivity contribution in [1.82, 2.24) is 41.1 Å². The number of nitrogens with one attached hydrogen (secondary N) is 2. The summed E-state index contributed by atoms with van der Waals surface area (Å²) in [6.07, 6.45) is 19.9. The van der Waals surface area contributed by atoms with Crippen molar-refractivity contribution in [1.29, 1.82) is 0 Å². The van der Waals surface area contributed by atoms with Crippen LogP contribution < -0.4 is 31.1 Å². The largest absolute Gasteiger partial charge is 0.480 e. The Labute approximate surface area is 739 Å². The van der Waals surface area contributed by atoms with Gasteiger partial charge in [-0.1, -0.05) is 122 Å². The van der Waals surface area contributed by atoms with Gasteiger partial charge in [0.15, 0.2) is 15.4 Å². The molecule has 6 N–H and O–H groups in total. The van der Waals surface area contributed by atoms with E-state index in [-0.39, 0.29) is 43.3 Å².